The maximum atomic E-state index is 13.4. The average Bonchev–Trinajstić information content (AvgIpc) is 2.71. The van der Waals surface area contributed by atoms with Gasteiger partial charge in [-0.3, -0.25) is 4.79 Å². The lowest BCUT2D eigenvalue weighted by Gasteiger charge is -2.32. The number of anilines is 1. The van der Waals surface area contributed by atoms with E-state index in [9.17, 15) is 9.18 Å². The topological polar surface area (TPSA) is 67.3 Å². The van der Waals surface area contributed by atoms with E-state index in [1.54, 1.807) is 25.6 Å². The summed E-state index contributed by atoms with van der Waals surface area (Å²) >= 11 is 0. The molecule has 6 nitrogen and oxygen atoms in total. The van der Waals surface area contributed by atoms with Crippen LogP contribution in [-0.4, -0.2) is 49.2 Å². The van der Waals surface area contributed by atoms with Crippen molar-refractivity contribution in [1.82, 2.24) is 15.3 Å². The van der Waals surface area contributed by atoms with Gasteiger partial charge in [-0.1, -0.05) is 12.1 Å². The van der Waals surface area contributed by atoms with E-state index in [1.165, 1.54) is 12.1 Å². The summed E-state index contributed by atoms with van der Waals surface area (Å²) in [5.41, 5.74) is 1.51. The van der Waals surface area contributed by atoms with Crippen molar-refractivity contribution in [1.29, 1.82) is 0 Å². The monoisotopic (exact) mass is 372 g/mol. The number of benzene rings is 1. The first-order valence-corrected chi connectivity index (χ1v) is 9.27. The number of aromatic nitrogens is 2. The van der Waals surface area contributed by atoms with Gasteiger partial charge in [0, 0.05) is 51.3 Å². The largest absolute Gasteiger partial charge is 0.385 e. The molecule has 0 aliphatic carbocycles. The molecule has 1 saturated heterocycles. The van der Waals surface area contributed by atoms with Crippen LogP contribution in [0, 0.1) is 11.7 Å². The number of rotatable bonds is 7. The second-order valence-corrected chi connectivity index (χ2v) is 6.70. The minimum Gasteiger partial charge on any atom is -0.385 e. The number of ether oxygens (including phenoxy) is 1. The summed E-state index contributed by atoms with van der Waals surface area (Å²) in [7, 11) is 1.65. The zero-order valence-corrected chi connectivity index (χ0v) is 15.5. The van der Waals surface area contributed by atoms with Crippen LogP contribution in [0.2, 0.25) is 0 Å². The first-order valence-electron chi connectivity index (χ1n) is 9.27. The second-order valence-electron chi connectivity index (χ2n) is 6.70. The Kier molecular flexibility index (Phi) is 6.70. The highest BCUT2D eigenvalue weighted by Gasteiger charge is 2.26. The quantitative estimate of drug-likeness (QED) is 0.757. The van der Waals surface area contributed by atoms with E-state index in [2.05, 4.69) is 15.3 Å². The van der Waals surface area contributed by atoms with Crippen LogP contribution in [0.5, 0.6) is 0 Å². The van der Waals surface area contributed by atoms with Crippen LogP contribution in [0.1, 0.15) is 19.3 Å². The van der Waals surface area contributed by atoms with Crippen molar-refractivity contribution in [3.05, 3.63) is 42.5 Å². The number of nitrogens with zero attached hydrogens (tertiary/aromatic N) is 3. The van der Waals surface area contributed by atoms with Gasteiger partial charge in [-0.2, -0.15) is 0 Å². The molecular formula is C20H25FN4O2. The van der Waals surface area contributed by atoms with Crippen LogP contribution in [0.4, 0.5) is 10.3 Å². The van der Waals surface area contributed by atoms with Crippen molar-refractivity contribution in [2.75, 3.05) is 38.3 Å². The van der Waals surface area contributed by atoms with Crippen molar-refractivity contribution in [2.45, 2.75) is 19.3 Å². The third-order valence-electron chi connectivity index (χ3n) is 4.70. The lowest BCUT2D eigenvalue weighted by Crippen LogP contribution is -2.44. The van der Waals surface area contributed by atoms with Crippen molar-refractivity contribution < 1.29 is 13.9 Å². The van der Waals surface area contributed by atoms with Gasteiger partial charge >= 0.3 is 0 Å². The molecule has 1 fully saturated rings. The highest BCUT2D eigenvalue weighted by molar-refractivity contribution is 5.79. The number of amides is 1. The van der Waals surface area contributed by atoms with Crippen molar-refractivity contribution in [3.63, 3.8) is 0 Å². The second kappa shape index (κ2) is 9.41. The van der Waals surface area contributed by atoms with Gasteiger partial charge in [-0.25, -0.2) is 14.4 Å². The molecule has 7 heteroatoms. The summed E-state index contributed by atoms with van der Waals surface area (Å²) in [6.45, 7) is 2.70. The number of nitrogens with one attached hydrogen (secondary N) is 1. The van der Waals surface area contributed by atoms with Gasteiger partial charge < -0.3 is 15.0 Å². The summed E-state index contributed by atoms with van der Waals surface area (Å²) in [6.07, 6.45) is 6.00. The van der Waals surface area contributed by atoms with Crippen LogP contribution < -0.4 is 10.2 Å². The Morgan fingerprint density at radius 3 is 2.89 bits per heavy atom. The van der Waals surface area contributed by atoms with E-state index in [0.717, 1.165) is 36.9 Å². The van der Waals surface area contributed by atoms with Gasteiger partial charge in [0.1, 0.15) is 5.82 Å². The van der Waals surface area contributed by atoms with Crippen molar-refractivity contribution in [2.24, 2.45) is 5.92 Å². The van der Waals surface area contributed by atoms with Crippen LogP contribution >= 0.6 is 0 Å². The summed E-state index contributed by atoms with van der Waals surface area (Å²) in [5, 5.41) is 2.97. The van der Waals surface area contributed by atoms with Gasteiger partial charge in [0.15, 0.2) is 0 Å². The predicted molar refractivity (Wildman–Crippen MR) is 102 cm³/mol. The fourth-order valence-electron chi connectivity index (χ4n) is 3.25. The maximum absolute atomic E-state index is 13.4. The molecule has 0 bridgehead atoms. The summed E-state index contributed by atoms with van der Waals surface area (Å²) in [6, 6.07) is 6.36. The number of carbonyl (C=O) groups is 1. The number of hydrogen-bond acceptors (Lipinski definition) is 5. The molecule has 1 aromatic heterocycles. The molecule has 0 spiro atoms. The van der Waals surface area contributed by atoms with E-state index in [0.29, 0.717) is 25.6 Å². The fraction of sp³-hybridized carbons (Fsp3) is 0.450. The molecule has 27 heavy (non-hydrogen) atoms. The zero-order valence-electron chi connectivity index (χ0n) is 15.5. The van der Waals surface area contributed by atoms with Crippen LogP contribution in [0.25, 0.3) is 11.1 Å². The van der Waals surface area contributed by atoms with Crippen LogP contribution in [0.15, 0.2) is 36.7 Å². The lowest BCUT2D eigenvalue weighted by atomic mass is 9.97. The summed E-state index contributed by atoms with van der Waals surface area (Å²) in [4.78, 5) is 23.3. The number of hydrogen-bond donors (Lipinski definition) is 1. The predicted octanol–water partition coefficient (Wildman–Crippen LogP) is 2.65. The van der Waals surface area contributed by atoms with Gasteiger partial charge in [-0.05, 0) is 37.0 Å². The molecule has 3 rings (SSSR count). The molecule has 1 N–H and O–H groups in total. The molecule has 1 aliphatic rings. The number of piperidine rings is 1. The van der Waals surface area contributed by atoms with Crippen molar-refractivity contribution in [3.8, 4) is 11.1 Å². The molecule has 2 heterocycles. The first-order chi connectivity index (χ1) is 13.2. The Morgan fingerprint density at radius 1 is 1.33 bits per heavy atom. The molecule has 0 unspecified atom stereocenters. The number of halogens is 1. The number of carbonyl (C=O) groups excluding carboxylic acids is 1. The molecule has 0 saturated carbocycles. The molecule has 2 aromatic rings. The third kappa shape index (κ3) is 5.23. The minimum absolute atomic E-state index is 0.0622. The first kappa shape index (κ1) is 19.2. The zero-order chi connectivity index (χ0) is 19.1. The maximum Gasteiger partial charge on any atom is 0.225 e. The van der Waals surface area contributed by atoms with Crippen molar-refractivity contribution >= 4 is 11.9 Å². The van der Waals surface area contributed by atoms with Gasteiger partial charge in [-0.15, -0.1) is 0 Å². The Balaban J connectivity index is 1.60. The third-order valence-corrected chi connectivity index (χ3v) is 4.70. The van der Waals surface area contributed by atoms with E-state index >= 15 is 0 Å². The average molecular weight is 372 g/mol. The molecule has 0 radical (unpaired) electrons. The fourth-order valence-corrected chi connectivity index (χ4v) is 3.25. The molecule has 144 valence electrons. The van der Waals surface area contributed by atoms with Crippen LogP contribution in [0.3, 0.4) is 0 Å². The normalized spacial score (nSPS) is 17.0. The van der Waals surface area contributed by atoms with Gasteiger partial charge in [0.2, 0.25) is 11.9 Å². The highest BCUT2D eigenvalue weighted by Crippen LogP contribution is 2.23. The van der Waals surface area contributed by atoms with E-state index in [4.69, 9.17) is 4.74 Å². The Hall–Kier alpha value is -2.54. The standard InChI is InChI=1S/C20H25FN4O2/c1-27-10-4-8-22-19(26)16-6-3-9-25(14-16)20-23-12-17(13-24-20)15-5-2-7-18(21)11-15/h2,5,7,11-13,16H,3-4,6,8-10,14H2,1H3,(H,22,26)/t16-/m1/s1. The van der Waals surface area contributed by atoms with E-state index in [-0.39, 0.29) is 17.6 Å². The minimum atomic E-state index is -0.285. The molecule has 1 atom stereocenters. The van der Waals surface area contributed by atoms with E-state index in [1.807, 2.05) is 11.0 Å². The van der Waals surface area contributed by atoms with Gasteiger partial charge in [0.05, 0.1) is 5.92 Å². The summed E-state index contributed by atoms with van der Waals surface area (Å²) in [5.74, 6) is 0.332. The Bertz CT molecular complexity index is 754. The smallest absolute Gasteiger partial charge is 0.225 e. The van der Waals surface area contributed by atoms with Gasteiger partial charge in [0.25, 0.3) is 0 Å². The lowest BCUT2D eigenvalue weighted by molar-refractivity contribution is -0.125. The Labute approximate surface area is 158 Å². The molecule has 1 amide bonds. The molecule has 1 aliphatic heterocycles. The Morgan fingerprint density at radius 2 is 2.15 bits per heavy atom. The van der Waals surface area contributed by atoms with E-state index < -0.39 is 0 Å². The highest BCUT2D eigenvalue weighted by atomic mass is 19.1. The summed E-state index contributed by atoms with van der Waals surface area (Å²) < 4.78 is 18.4. The van der Waals surface area contributed by atoms with Crippen LogP contribution in [-0.2, 0) is 9.53 Å². The number of methoxy groups -OCH3 is 1. The molecular weight excluding hydrogens is 347 g/mol. The molecule has 1 aromatic carbocycles. The SMILES string of the molecule is COCCCNC(=O)[C@@H]1CCCN(c2ncc(-c3cccc(F)c3)cn2)C1.